The summed E-state index contributed by atoms with van der Waals surface area (Å²) >= 11 is 0. The summed E-state index contributed by atoms with van der Waals surface area (Å²) in [7, 11) is 0. The van der Waals surface area contributed by atoms with Crippen molar-refractivity contribution in [3.8, 4) is 11.3 Å². The molecule has 19 heavy (non-hydrogen) atoms. The van der Waals surface area contributed by atoms with E-state index in [1.165, 1.54) is 31.5 Å². The minimum Gasteiger partial charge on any atom is -0.396 e. The number of nitrogens with zero attached hydrogens (tertiary/aromatic N) is 3. The summed E-state index contributed by atoms with van der Waals surface area (Å²) in [4.78, 5) is 3.84. The van der Waals surface area contributed by atoms with E-state index in [4.69, 9.17) is 5.73 Å². The number of pyridine rings is 1. The lowest BCUT2D eigenvalue weighted by Crippen LogP contribution is -2.13. The second kappa shape index (κ2) is 4.99. The quantitative estimate of drug-likeness (QED) is 0.902. The molecule has 2 N–H and O–H groups in total. The maximum atomic E-state index is 13.2. The first-order valence-corrected chi connectivity index (χ1v) is 6.69. The van der Waals surface area contributed by atoms with E-state index >= 15 is 0 Å². The molecular weight excluding hydrogens is 243 g/mol. The summed E-state index contributed by atoms with van der Waals surface area (Å²) in [6.45, 7) is 0. The van der Waals surface area contributed by atoms with Crippen molar-refractivity contribution in [3.63, 3.8) is 0 Å². The van der Waals surface area contributed by atoms with E-state index in [2.05, 4.69) is 10.1 Å². The number of rotatable bonds is 2. The van der Waals surface area contributed by atoms with Crippen LogP contribution in [0.15, 0.2) is 24.7 Å². The molecule has 2 aromatic rings. The zero-order chi connectivity index (χ0) is 13.2. The molecule has 100 valence electrons. The molecule has 1 fully saturated rings. The second-order valence-corrected chi connectivity index (χ2v) is 5.10. The monoisotopic (exact) mass is 260 g/mol. The van der Waals surface area contributed by atoms with Gasteiger partial charge in [0.2, 0.25) is 0 Å². The van der Waals surface area contributed by atoms with Crippen LogP contribution in [0.3, 0.4) is 0 Å². The fourth-order valence-corrected chi connectivity index (χ4v) is 2.70. The average Bonchev–Trinajstić information content (AvgIpc) is 2.82. The van der Waals surface area contributed by atoms with E-state index in [-0.39, 0.29) is 5.82 Å². The molecule has 2 heterocycles. The van der Waals surface area contributed by atoms with Gasteiger partial charge in [0, 0.05) is 18.0 Å². The summed E-state index contributed by atoms with van der Waals surface area (Å²) in [5, 5.41) is 4.53. The lowest BCUT2D eigenvalue weighted by molar-refractivity contribution is 0.330. The maximum Gasteiger partial charge on any atom is 0.142 e. The van der Waals surface area contributed by atoms with Crippen molar-refractivity contribution in [2.75, 3.05) is 5.73 Å². The molecule has 0 amide bonds. The smallest absolute Gasteiger partial charge is 0.142 e. The highest BCUT2D eigenvalue weighted by atomic mass is 19.1. The van der Waals surface area contributed by atoms with Crippen LogP contribution in [-0.2, 0) is 0 Å². The number of aromatic nitrogens is 3. The Balaban J connectivity index is 1.92. The van der Waals surface area contributed by atoms with E-state index in [1.807, 2.05) is 10.9 Å². The van der Waals surface area contributed by atoms with Gasteiger partial charge in [-0.2, -0.15) is 5.10 Å². The molecule has 0 aliphatic heterocycles. The molecule has 1 aliphatic carbocycles. The van der Waals surface area contributed by atoms with Gasteiger partial charge in [-0.05, 0) is 18.9 Å². The van der Waals surface area contributed by atoms with Crippen molar-refractivity contribution in [2.24, 2.45) is 0 Å². The van der Waals surface area contributed by atoms with Crippen LogP contribution >= 0.6 is 0 Å². The van der Waals surface area contributed by atoms with Gasteiger partial charge in [-0.1, -0.05) is 19.3 Å². The van der Waals surface area contributed by atoms with Crippen molar-refractivity contribution in [1.29, 1.82) is 0 Å². The van der Waals surface area contributed by atoms with Gasteiger partial charge in [0.1, 0.15) is 11.5 Å². The molecule has 2 aromatic heterocycles. The number of anilines is 1. The molecule has 0 unspecified atom stereocenters. The van der Waals surface area contributed by atoms with Gasteiger partial charge in [0.15, 0.2) is 0 Å². The molecule has 5 heteroatoms. The van der Waals surface area contributed by atoms with Crippen molar-refractivity contribution in [1.82, 2.24) is 14.8 Å². The Kier molecular flexibility index (Phi) is 3.19. The third-order valence-electron chi connectivity index (χ3n) is 3.69. The molecule has 1 aliphatic rings. The van der Waals surface area contributed by atoms with Crippen LogP contribution in [0, 0.1) is 5.82 Å². The highest BCUT2D eigenvalue weighted by molar-refractivity contribution is 5.71. The average molecular weight is 260 g/mol. The largest absolute Gasteiger partial charge is 0.396 e. The Bertz CT molecular complexity index is 573. The third-order valence-corrected chi connectivity index (χ3v) is 3.69. The molecule has 4 nitrogen and oxygen atoms in total. The van der Waals surface area contributed by atoms with E-state index in [0.29, 0.717) is 23.0 Å². The first-order chi connectivity index (χ1) is 9.24. The first kappa shape index (κ1) is 12.1. The fourth-order valence-electron chi connectivity index (χ4n) is 2.70. The summed E-state index contributed by atoms with van der Waals surface area (Å²) < 4.78 is 15.1. The second-order valence-electron chi connectivity index (χ2n) is 5.10. The summed E-state index contributed by atoms with van der Waals surface area (Å²) in [6.07, 6.45) is 10.7. The van der Waals surface area contributed by atoms with Crippen LogP contribution in [0.25, 0.3) is 11.3 Å². The van der Waals surface area contributed by atoms with Gasteiger partial charge in [-0.25, -0.2) is 4.39 Å². The van der Waals surface area contributed by atoms with Gasteiger partial charge in [0.25, 0.3) is 0 Å². The Morgan fingerprint density at radius 1 is 1.21 bits per heavy atom. The number of hydrogen-bond donors (Lipinski definition) is 1. The van der Waals surface area contributed by atoms with Crippen LogP contribution in [-0.4, -0.2) is 14.8 Å². The molecule has 0 saturated heterocycles. The van der Waals surface area contributed by atoms with Crippen molar-refractivity contribution < 1.29 is 4.39 Å². The predicted octanol–water partition coefficient (Wildman–Crippen LogP) is 3.17. The standard InChI is InChI=1S/C14H17FN4/c15-11-6-10(7-17-8-11)14-13(16)9-19(18-14)12-4-2-1-3-5-12/h6-9,12H,1-5,16H2. The Morgan fingerprint density at radius 2 is 2.00 bits per heavy atom. The molecule has 3 rings (SSSR count). The molecule has 0 aromatic carbocycles. The Labute approximate surface area is 111 Å². The van der Waals surface area contributed by atoms with Gasteiger partial charge in [0.05, 0.1) is 17.9 Å². The fraction of sp³-hybridized carbons (Fsp3) is 0.429. The van der Waals surface area contributed by atoms with E-state index in [1.54, 1.807) is 6.20 Å². The minimum absolute atomic E-state index is 0.371. The Hall–Kier alpha value is -1.91. The zero-order valence-corrected chi connectivity index (χ0v) is 10.7. The summed E-state index contributed by atoms with van der Waals surface area (Å²) in [5.41, 5.74) is 7.83. The number of nitrogens with two attached hydrogens (primary N) is 1. The maximum absolute atomic E-state index is 13.2. The lowest BCUT2D eigenvalue weighted by Gasteiger charge is -2.21. The molecular formula is C14H17FN4. The van der Waals surface area contributed by atoms with Crippen LogP contribution in [0.5, 0.6) is 0 Å². The highest BCUT2D eigenvalue weighted by Gasteiger charge is 2.18. The van der Waals surface area contributed by atoms with Crippen molar-refractivity contribution >= 4 is 5.69 Å². The summed E-state index contributed by atoms with van der Waals surface area (Å²) in [5.74, 6) is -0.371. The van der Waals surface area contributed by atoms with Crippen LogP contribution in [0.4, 0.5) is 10.1 Å². The molecule has 0 bridgehead atoms. The topological polar surface area (TPSA) is 56.7 Å². The van der Waals surface area contributed by atoms with Crippen LogP contribution < -0.4 is 5.73 Å². The third kappa shape index (κ3) is 2.45. The number of nitrogen functional groups attached to an aromatic ring is 1. The van der Waals surface area contributed by atoms with Gasteiger partial charge >= 0.3 is 0 Å². The minimum atomic E-state index is -0.371. The SMILES string of the molecule is Nc1cn(C2CCCCC2)nc1-c1cncc(F)c1. The van der Waals surface area contributed by atoms with Crippen LogP contribution in [0.2, 0.25) is 0 Å². The van der Waals surface area contributed by atoms with Gasteiger partial charge < -0.3 is 5.73 Å². The normalized spacial score (nSPS) is 16.7. The zero-order valence-electron chi connectivity index (χ0n) is 10.7. The predicted molar refractivity (Wildman–Crippen MR) is 72.0 cm³/mol. The van der Waals surface area contributed by atoms with E-state index in [0.717, 1.165) is 12.8 Å². The molecule has 0 radical (unpaired) electrons. The summed E-state index contributed by atoms with van der Waals surface area (Å²) in [6, 6.07) is 1.84. The Morgan fingerprint density at radius 3 is 2.74 bits per heavy atom. The molecule has 1 saturated carbocycles. The number of halogens is 1. The van der Waals surface area contributed by atoms with E-state index in [9.17, 15) is 4.39 Å². The number of hydrogen-bond acceptors (Lipinski definition) is 3. The lowest BCUT2D eigenvalue weighted by atomic mass is 9.96. The van der Waals surface area contributed by atoms with Crippen molar-refractivity contribution in [2.45, 2.75) is 38.1 Å². The molecule has 0 spiro atoms. The van der Waals surface area contributed by atoms with Crippen LogP contribution in [0.1, 0.15) is 38.1 Å². The van der Waals surface area contributed by atoms with E-state index < -0.39 is 0 Å². The van der Waals surface area contributed by atoms with Gasteiger partial charge in [-0.3, -0.25) is 9.67 Å². The van der Waals surface area contributed by atoms with Crippen molar-refractivity contribution in [3.05, 3.63) is 30.5 Å². The first-order valence-electron chi connectivity index (χ1n) is 6.69. The van der Waals surface area contributed by atoms with Gasteiger partial charge in [-0.15, -0.1) is 0 Å². The molecule has 0 atom stereocenters. The highest BCUT2D eigenvalue weighted by Crippen LogP contribution is 2.31.